The summed E-state index contributed by atoms with van der Waals surface area (Å²) in [7, 11) is -3.55. The number of nitrogens with one attached hydrogen (secondary N) is 3. The number of benzene rings is 1. The number of piperidine rings is 1. The molecular weight excluding hydrogens is 290 g/mol. The largest absolute Gasteiger partial charge is 0.379 e. The Kier molecular flexibility index (Phi) is 4.84. The van der Waals surface area contributed by atoms with E-state index in [2.05, 4.69) is 15.4 Å². The lowest BCUT2D eigenvalue weighted by molar-refractivity contribution is -0.122. The molecule has 6 nitrogen and oxygen atoms in total. The number of sulfonamides is 1. The highest BCUT2D eigenvalue weighted by molar-refractivity contribution is 7.89. The van der Waals surface area contributed by atoms with Crippen LogP contribution in [0.25, 0.3) is 0 Å². The second-order valence-corrected chi connectivity index (χ2v) is 7.14. The predicted molar refractivity (Wildman–Crippen MR) is 81.6 cm³/mol. The Morgan fingerprint density at radius 3 is 2.62 bits per heavy atom. The van der Waals surface area contributed by atoms with Crippen LogP contribution in [0.3, 0.4) is 0 Å². The van der Waals surface area contributed by atoms with Crippen molar-refractivity contribution in [3.63, 3.8) is 0 Å². The molecule has 1 aromatic carbocycles. The first-order valence-electron chi connectivity index (χ1n) is 7.03. The van der Waals surface area contributed by atoms with E-state index in [1.54, 1.807) is 38.1 Å². The average molecular weight is 311 g/mol. The quantitative estimate of drug-likeness (QED) is 0.759. The Morgan fingerprint density at radius 1 is 1.29 bits per heavy atom. The van der Waals surface area contributed by atoms with Gasteiger partial charge in [-0.3, -0.25) is 4.79 Å². The van der Waals surface area contributed by atoms with Crippen LogP contribution in [0.2, 0.25) is 0 Å². The van der Waals surface area contributed by atoms with Gasteiger partial charge in [0, 0.05) is 25.0 Å². The highest BCUT2D eigenvalue weighted by atomic mass is 32.2. The van der Waals surface area contributed by atoms with E-state index in [0.29, 0.717) is 25.1 Å². The van der Waals surface area contributed by atoms with E-state index in [1.807, 2.05) is 0 Å². The third kappa shape index (κ3) is 4.18. The van der Waals surface area contributed by atoms with Crippen LogP contribution in [0.4, 0.5) is 5.69 Å². The summed E-state index contributed by atoms with van der Waals surface area (Å²) in [4.78, 5) is 11.4. The van der Waals surface area contributed by atoms with Crippen molar-refractivity contribution in [2.75, 3.05) is 11.9 Å². The minimum absolute atomic E-state index is 0.0374. The van der Waals surface area contributed by atoms with Gasteiger partial charge in [-0.15, -0.1) is 0 Å². The monoisotopic (exact) mass is 311 g/mol. The molecule has 3 N–H and O–H groups in total. The van der Waals surface area contributed by atoms with Crippen molar-refractivity contribution in [3.8, 4) is 0 Å². The molecule has 1 fully saturated rings. The molecule has 1 aromatic rings. The van der Waals surface area contributed by atoms with Gasteiger partial charge in [-0.2, -0.15) is 0 Å². The first-order valence-corrected chi connectivity index (χ1v) is 8.51. The van der Waals surface area contributed by atoms with Gasteiger partial charge in [-0.25, -0.2) is 13.1 Å². The van der Waals surface area contributed by atoms with Gasteiger partial charge in [0.25, 0.3) is 0 Å². The summed E-state index contributed by atoms with van der Waals surface area (Å²) in [5, 5.41) is 5.99. The van der Waals surface area contributed by atoms with Crippen molar-refractivity contribution in [1.82, 2.24) is 10.0 Å². The minimum atomic E-state index is -3.55. The van der Waals surface area contributed by atoms with Gasteiger partial charge < -0.3 is 10.6 Å². The lowest BCUT2D eigenvalue weighted by atomic mass is 10.1. The second kappa shape index (κ2) is 6.44. The van der Waals surface area contributed by atoms with Crippen molar-refractivity contribution in [2.45, 2.75) is 43.7 Å². The Labute approximate surface area is 125 Å². The number of carbonyl (C=O) groups excluding carboxylic acids is 1. The molecule has 0 radical (unpaired) electrons. The zero-order chi connectivity index (χ0) is 15.5. The lowest BCUT2D eigenvalue weighted by Crippen LogP contribution is -2.42. The van der Waals surface area contributed by atoms with Crippen molar-refractivity contribution < 1.29 is 13.2 Å². The fraction of sp³-hybridized carbons (Fsp3) is 0.500. The average Bonchev–Trinajstić information content (AvgIpc) is 2.40. The van der Waals surface area contributed by atoms with Crippen LogP contribution in [-0.4, -0.2) is 33.0 Å². The van der Waals surface area contributed by atoms with Crippen LogP contribution in [-0.2, 0) is 14.8 Å². The van der Waals surface area contributed by atoms with Crippen molar-refractivity contribution in [1.29, 1.82) is 0 Å². The van der Waals surface area contributed by atoms with E-state index in [9.17, 15) is 13.2 Å². The molecule has 0 bridgehead atoms. The fourth-order valence-electron chi connectivity index (χ4n) is 2.27. The first kappa shape index (κ1) is 15.8. The number of carbonyl (C=O) groups is 1. The number of hydrogen-bond acceptors (Lipinski definition) is 4. The van der Waals surface area contributed by atoms with E-state index in [4.69, 9.17) is 0 Å². The van der Waals surface area contributed by atoms with Gasteiger partial charge in [0.1, 0.15) is 4.90 Å². The molecule has 1 amide bonds. The predicted octanol–water partition coefficient (Wildman–Crippen LogP) is 1.06. The zero-order valence-electron chi connectivity index (χ0n) is 12.2. The third-order valence-corrected chi connectivity index (χ3v) is 4.91. The molecular formula is C14H21N3O3S. The molecule has 0 aliphatic carbocycles. The molecule has 1 atom stereocenters. The number of rotatable bonds is 5. The van der Waals surface area contributed by atoms with Gasteiger partial charge in [-0.05, 0) is 32.4 Å². The van der Waals surface area contributed by atoms with Gasteiger partial charge in [0.15, 0.2) is 0 Å². The number of hydrogen-bond donors (Lipinski definition) is 3. The summed E-state index contributed by atoms with van der Waals surface area (Å²) in [5.74, 6) is 0.0374. The Hall–Kier alpha value is -1.60. The topological polar surface area (TPSA) is 87.3 Å². The molecule has 7 heteroatoms. The molecule has 21 heavy (non-hydrogen) atoms. The molecule has 1 saturated heterocycles. The maximum Gasteiger partial charge on any atom is 0.242 e. The minimum Gasteiger partial charge on any atom is -0.379 e. The standard InChI is InChI=1S/C14H21N3O3S/c1-10(2)17-21(19,20)13-6-4-3-5-12(13)16-11-7-8-14(18)15-9-11/h3-6,10-11,16-17H,7-9H2,1-2H3,(H,15,18). The van der Waals surface area contributed by atoms with Gasteiger partial charge in [0.05, 0.1) is 5.69 Å². The molecule has 0 spiro atoms. The molecule has 1 heterocycles. The molecule has 2 rings (SSSR count). The summed E-state index contributed by atoms with van der Waals surface area (Å²) in [6.07, 6.45) is 1.15. The van der Waals surface area contributed by atoms with E-state index in [1.165, 1.54) is 0 Å². The first-order chi connectivity index (χ1) is 9.88. The van der Waals surface area contributed by atoms with Crippen LogP contribution < -0.4 is 15.4 Å². The smallest absolute Gasteiger partial charge is 0.242 e. The van der Waals surface area contributed by atoms with E-state index >= 15 is 0 Å². The van der Waals surface area contributed by atoms with E-state index in [0.717, 1.165) is 0 Å². The van der Waals surface area contributed by atoms with Crippen molar-refractivity contribution in [2.24, 2.45) is 0 Å². The van der Waals surface area contributed by atoms with Gasteiger partial charge in [-0.1, -0.05) is 12.1 Å². The summed E-state index contributed by atoms with van der Waals surface area (Å²) >= 11 is 0. The maximum absolute atomic E-state index is 12.3. The van der Waals surface area contributed by atoms with Crippen LogP contribution in [0, 0.1) is 0 Å². The summed E-state index contributed by atoms with van der Waals surface area (Å²) in [5.41, 5.74) is 0.562. The maximum atomic E-state index is 12.3. The van der Waals surface area contributed by atoms with E-state index in [-0.39, 0.29) is 22.9 Å². The Bertz CT molecular complexity index is 604. The molecule has 116 valence electrons. The van der Waals surface area contributed by atoms with Crippen LogP contribution in [0.5, 0.6) is 0 Å². The highest BCUT2D eigenvalue weighted by Gasteiger charge is 2.22. The molecule has 1 aliphatic heterocycles. The van der Waals surface area contributed by atoms with Gasteiger partial charge >= 0.3 is 0 Å². The Balaban J connectivity index is 2.19. The number of anilines is 1. The second-order valence-electron chi connectivity index (χ2n) is 5.46. The van der Waals surface area contributed by atoms with Crippen LogP contribution >= 0.6 is 0 Å². The molecule has 1 unspecified atom stereocenters. The van der Waals surface area contributed by atoms with Gasteiger partial charge in [0.2, 0.25) is 15.9 Å². The Morgan fingerprint density at radius 2 is 2.00 bits per heavy atom. The summed E-state index contributed by atoms with van der Waals surface area (Å²) in [6.45, 7) is 4.07. The lowest BCUT2D eigenvalue weighted by Gasteiger charge is -2.25. The normalized spacial score (nSPS) is 19.4. The van der Waals surface area contributed by atoms with Crippen molar-refractivity contribution in [3.05, 3.63) is 24.3 Å². The SMILES string of the molecule is CC(C)NS(=O)(=O)c1ccccc1NC1CCC(=O)NC1. The summed E-state index contributed by atoms with van der Waals surface area (Å²) in [6, 6.07) is 6.68. The van der Waals surface area contributed by atoms with Crippen LogP contribution in [0.1, 0.15) is 26.7 Å². The number of amides is 1. The van der Waals surface area contributed by atoms with Crippen molar-refractivity contribution >= 4 is 21.6 Å². The highest BCUT2D eigenvalue weighted by Crippen LogP contribution is 2.23. The third-order valence-electron chi connectivity index (χ3n) is 3.19. The number of para-hydroxylation sites is 1. The van der Waals surface area contributed by atoms with E-state index < -0.39 is 10.0 Å². The fourth-order valence-corrected chi connectivity index (χ4v) is 3.69. The summed E-state index contributed by atoms with van der Waals surface area (Å²) < 4.78 is 27.3. The molecule has 0 saturated carbocycles. The molecule has 1 aliphatic rings. The van der Waals surface area contributed by atoms with Crippen LogP contribution in [0.15, 0.2) is 29.2 Å². The zero-order valence-corrected chi connectivity index (χ0v) is 13.0. The molecule has 0 aromatic heterocycles.